The van der Waals surface area contributed by atoms with E-state index in [-0.39, 0.29) is 5.54 Å². The molecular formula is C14H26N2S. The van der Waals surface area contributed by atoms with Crippen LogP contribution >= 0.6 is 11.8 Å². The highest BCUT2D eigenvalue weighted by molar-refractivity contribution is 8.13. The van der Waals surface area contributed by atoms with Crippen molar-refractivity contribution in [1.82, 2.24) is 5.32 Å². The topological polar surface area (TPSA) is 24.4 Å². The van der Waals surface area contributed by atoms with Gasteiger partial charge in [0.1, 0.15) is 0 Å². The molecular weight excluding hydrogens is 228 g/mol. The molecule has 17 heavy (non-hydrogen) atoms. The summed E-state index contributed by atoms with van der Waals surface area (Å²) < 4.78 is 0. The third-order valence-electron chi connectivity index (χ3n) is 3.94. The minimum Gasteiger partial charge on any atom is -0.360 e. The van der Waals surface area contributed by atoms with Crippen LogP contribution in [-0.4, -0.2) is 22.5 Å². The molecule has 1 aliphatic heterocycles. The van der Waals surface area contributed by atoms with E-state index < -0.39 is 0 Å². The van der Waals surface area contributed by atoms with E-state index in [9.17, 15) is 0 Å². The Balaban J connectivity index is 1.93. The number of hydrogen-bond acceptors (Lipinski definition) is 2. The van der Waals surface area contributed by atoms with Gasteiger partial charge in [-0.1, -0.05) is 31.5 Å². The van der Waals surface area contributed by atoms with Gasteiger partial charge in [0.2, 0.25) is 0 Å². The molecule has 0 amide bonds. The Morgan fingerprint density at radius 2 is 2.06 bits per heavy atom. The Kier molecular flexibility index (Phi) is 4.40. The zero-order valence-corrected chi connectivity index (χ0v) is 12.3. The summed E-state index contributed by atoms with van der Waals surface area (Å²) >= 11 is 1.91. The zero-order chi connectivity index (χ0) is 12.3. The predicted octanol–water partition coefficient (Wildman–Crippen LogP) is 3.82. The van der Waals surface area contributed by atoms with Crippen LogP contribution in [0.25, 0.3) is 0 Å². The molecule has 2 unspecified atom stereocenters. The summed E-state index contributed by atoms with van der Waals surface area (Å²) in [6.07, 6.45) is 7.92. The minimum atomic E-state index is 0.238. The maximum atomic E-state index is 4.95. The standard InChI is InChI=1S/C14H26N2S/c1-11-5-4-6-12(8-7-11)15-13-16-14(2,3)9-10-17-13/h11-12H,4-10H2,1-3H3,(H,15,16). The normalized spacial score (nSPS) is 36.3. The maximum Gasteiger partial charge on any atom is 0.157 e. The van der Waals surface area contributed by atoms with Crippen molar-refractivity contribution < 1.29 is 0 Å². The molecule has 0 spiro atoms. The molecule has 1 aliphatic carbocycles. The first kappa shape index (κ1) is 13.3. The second-order valence-corrected chi connectivity index (χ2v) is 7.39. The molecule has 0 radical (unpaired) electrons. The van der Waals surface area contributed by atoms with Crippen LogP contribution in [0.2, 0.25) is 0 Å². The first-order valence-electron chi connectivity index (χ1n) is 7.04. The van der Waals surface area contributed by atoms with Crippen LogP contribution in [0.1, 0.15) is 59.3 Å². The lowest BCUT2D eigenvalue weighted by atomic mass is 10.0. The average Bonchev–Trinajstić information content (AvgIpc) is 2.42. The van der Waals surface area contributed by atoms with Gasteiger partial charge in [-0.05, 0) is 45.4 Å². The van der Waals surface area contributed by atoms with Crippen LogP contribution < -0.4 is 5.32 Å². The second kappa shape index (κ2) is 5.64. The Hall–Kier alpha value is -0.180. The summed E-state index contributed by atoms with van der Waals surface area (Å²) in [6, 6.07) is 0.573. The molecule has 1 saturated heterocycles. The van der Waals surface area contributed by atoms with Gasteiger partial charge in [-0.2, -0.15) is 0 Å². The molecule has 1 N–H and O–H groups in total. The first-order valence-corrected chi connectivity index (χ1v) is 8.02. The van der Waals surface area contributed by atoms with E-state index in [1.807, 2.05) is 11.8 Å². The van der Waals surface area contributed by atoms with Gasteiger partial charge in [0.15, 0.2) is 5.17 Å². The van der Waals surface area contributed by atoms with Gasteiger partial charge >= 0.3 is 0 Å². The molecule has 2 aliphatic rings. The third kappa shape index (κ3) is 4.20. The molecule has 0 aromatic rings. The fourth-order valence-electron chi connectivity index (χ4n) is 2.62. The molecule has 1 saturated carbocycles. The molecule has 3 heteroatoms. The Morgan fingerprint density at radius 3 is 2.82 bits per heavy atom. The van der Waals surface area contributed by atoms with E-state index >= 15 is 0 Å². The van der Waals surface area contributed by atoms with Crippen LogP contribution in [0, 0.1) is 5.92 Å². The predicted molar refractivity (Wildman–Crippen MR) is 77.8 cm³/mol. The van der Waals surface area contributed by atoms with Gasteiger partial charge in [-0.15, -0.1) is 0 Å². The molecule has 1 heterocycles. The van der Waals surface area contributed by atoms with Gasteiger partial charge in [0.05, 0.1) is 6.04 Å². The highest BCUT2D eigenvalue weighted by atomic mass is 32.2. The summed E-state index contributed by atoms with van der Waals surface area (Å²) in [4.78, 5) is 4.95. The highest BCUT2D eigenvalue weighted by Gasteiger charge is 2.25. The van der Waals surface area contributed by atoms with E-state index in [4.69, 9.17) is 4.99 Å². The summed E-state index contributed by atoms with van der Waals surface area (Å²) in [6.45, 7) is 6.93. The van der Waals surface area contributed by atoms with Crippen LogP contribution in [0.5, 0.6) is 0 Å². The smallest absolute Gasteiger partial charge is 0.157 e. The fourth-order valence-corrected chi connectivity index (χ4v) is 4.00. The molecule has 0 aromatic carbocycles. The van der Waals surface area contributed by atoms with E-state index in [0.29, 0.717) is 6.04 Å². The van der Waals surface area contributed by atoms with Gasteiger partial charge in [-0.25, -0.2) is 0 Å². The van der Waals surface area contributed by atoms with E-state index in [2.05, 4.69) is 26.1 Å². The largest absolute Gasteiger partial charge is 0.360 e. The molecule has 0 aromatic heterocycles. The second-order valence-electron chi connectivity index (χ2n) is 6.31. The van der Waals surface area contributed by atoms with Crippen LogP contribution in [0.4, 0.5) is 0 Å². The van der Waals surface area contributed by atoms with Crippen molar-refractivity contribution >= 4 is 16.9 Å². The Bertz CT molecular complexity index is 286. The zero-order valence-electron chi connectivity index (χ0n) is 11.5. The monoisotopic (exact) mass is 254 g/mol. The maximum absolute atomic E-state index is 4.95. The minimum absolute atomic E-state index is 0.238. The number of hydrogen-bond donors (Lipinski definition) is 1. The van der Waals surface area contributed by atoms with Gasteiger partial charge in [0, 0.05) is 11.3 Å². The number of aliphatic imine (C=N–C) groups is 1. The van der Waals surface area contributed by atoms with Gasteiger partial charge < -0.3 is 5.32 Å². The average molecular weight is 254 g/mol. The number of nitrogens with zero attached hydrogens (tertiary/aromatic N) is 1. The fraction of sp³-hybridized carbons (Fsp3) is 0.929. The van der Waals surface area contributed by atoms with E-state index in [0.717, 1.165) is 5.92 Å². The number of nitrogens with one attached hydrogen (secondary N) is 1. The van der Waals surface area contributed by atoms with Gasteiger partial charge in [-0.3, -0.25) is 4.99 Å². The summed E-state index contributed by atoms with van der Waals surface area (Å²) in [7, 11) is 0. The quantitative estimate of drug-likeness (QED) is 0.719. The van der Waals surface area contributed by atoms with Crippen molar-refractivity contribution in [3.8, 4) is 0 Å². The lowest BCUT2D eigenvalue weighted by Crippen LogP contribution is -2.46. The number of amidine groups is 1. The van der Waals surface area contributed by atoms with Crippen LogP contribution in [0.15, 0.2) is 4.99 Å². The summed E-state index contributed by atoms with van der Waals surface area (Å²) in [5.74, 6) is 2.12. The van der Waals surface area contributed by atoms with Crippen LogP contribution in [0.3, 0.4) is 0 Å². The highest BCUT2D eigenvalue weighted by Crippen LogP contribution is 2.27. The molecule has 0 bridgehead atoms. The third-order valence-corrected chi connectivity index (χ3v) is 4.83. The summed E-state index contributed by atoms with van der Waals surface area (Å²) in [5, 5.41) is 4.78. The van der Waals surface area contributed by atoms with Crippen molar-refractivity contribution in [1.29, 1.82) is 0 Å². The first-order chi connectivity index (χ1) is 8.05. The Morgan fingerprint density at radius 1 is 1.24 bits per heavy atom. The van der Waals surface area contributed by atoms with E-state index in [1.54, 1.807) is 0 Å². The van der Waals surface area contributed by atoms with E-state index in [1.165, 1.54) is 49.4 Å². The van der Waals surface area contributed by atoms with Gasteiger partial charge in [0.25, 0.3) is 0 Å². The van der Waals surface area contributed by atoms with Crippen molar-refractivity contribution in [2.24, 2.45) is 10.9 Å². The Labute approximate surface area is 110 Å². The van der Waals surface area contributed by atoms with Crippen molar-refractivity contribution in [3.05, 3.63) is 0 Å². The van der Waals surface area contributed by atoms with Crippen molar-refractivity contribution in [2.45, 2.75) is 70.9 Å². The number of rotatable bonds is 1. The summed E-state index contributed by atoms with van der Waals surface area (Å²) in [5.41, 5.74) is 0.238. The van der Waals surface area contributed by atoms with Crippen molar-refractivity contribution in [2.75, 3.05) is 5.75 Å². The van der Waals surface area contributed by atoms with Crippen LogP contribution in [-0.2, 0) is 0 Å². The molecule has 2 atom stereocenters. The molecule has 2 nitrogen and oxygen atoms in total. The molecule has 98 valence electrons. The molecule has 2 rings (SSSR count). The molecule has 2 fully saturated rings. The SMILES string of the molecule is CC1CCCC(N=C2NC(C)(C)CCS2)CC1. The number of thioether (sulfide) groups is 1. The van der Waals surface area contributed by atoms with Crippen molar-refractivity contribution in [3.63, 3.8) is 0 Å². The lowest BCUT2D eigenvalue weighted by Gasteiger charge is -2.33. The lowest BCUT2D eigenvalue weighted by molar-refractivity contribution is 0.443.